The van der Waals surface area contributed by atoms with Crippen LogP contribution in [0.5, 0.6) is 5.75 Å². The average molecular weight is 427 g/mol. The maximum absolute atomic E-state index is 12.4. The van der Waals surface area contributed by atoms with E-state index in [9.17, 15) is 4.79 Å². The van der Waals surface area contributed by atoms with Crippen molar-refractivity contribution in [1.29, 1.82) is 0 Å². The monoisotopic (exact) mass is 426 g/mol. The number of nitrogens with one attached hydrogen (secondary N) is 1. The first-order chi connectivity index (χ1) is 15.1. The number of piperidine rings is 2. The van der Waals surface area contributed by atoms with Crippen molar-refractivity contribution in [2.75, 3.05) is 40.3 Å². The number of likely N-dealkylation sites (tertiary alicyclic amines) is 2. The van der Waals surface area contributed by atoms with E-state index in [2.05, 4.69) is 27.1 Å². The van der Waals surface area contributed by atoms with Crippen LogP contribution in [0.2, 0.25) is 0 Å². The second kappa shape index (κ2) is 10.3. The molecule has 7 heteroatoms. The van der Waals surface area contributed by atoms with Crippen molar-refractivity contribution < 1.29 is 13.9 Å². The summed E-state index contributed by atoms with van der Waals surface area (Å²) in [6.07, 6.45) is 7.24. The van der Waals surface area contributed by atoms with Crippen molar-refractivity contribution >= 4 is 5.91 Å². The zero-order valence-corrected chi connectivity index (χ0v) is 18.7. The Hall–Kier alpha value is -2.38. The number of methoxy groups -OCH3 is 1. The van der Waals surface area contributed by atoms with Crippen molar-refractivity contribution in [3.8, 4) is 17.1 Å². The summed E-state index contributed by atoms with van der Waals surface area (Å²) < 4.78 is 11.0. The van der Waals surface area contributed by atoms with E-state index in [-0.39, 0.29) is 11.9 Å². The molecule has 0 bridgehead atoms. The maximum Gasteiger partial charge on any atom is 0.220 e. The molecule has 0 aliphatic carbocycles. The number of amides is 1. The quantitative estimate of drug-likeness (QED) is 0.734. The van der Waals surface area contributed by atoms with Crippen LogP contribution in [0.1, 0.15) is 38.0 Å². The Morgan fingerprint density at radius 2 is 1.84 bits per heavy atom. The van der Waals surface area contributed by atoms with Gasteiger partial charge in [-0.15, -0.1) is 0 Å². The fourth-order valence-electron chi connectivity index (χ4n) is 4.60. The van der Waals surface area contributed by atoms with Crippen molar-refractivity contribution in [2.45, 2.75) is 50.6 Å². The molecular weight excluding hydrogens is 392 g/mol. The van der Waals surface area contributed by atoms with E-state index in [0.29, 0.717) is 24.5 Å². The lowest BCUT2D eigenvalue weighted by Gasteiger charge is -2.41. The number of nitrogens with zero attached hydrogens (tertiary/aromatic N) is 3. The second-order valence-corrected chi connectivity index (χ2v) is 8.76. The van der Waals surface area contributed by atoms with Gasteiger partial charge in [0.15, 0.2) is 11.7 Å². The fraction of sp³-hybridized carbons (Fsp3) is 0.583. The van der Waals surface area contributed by atoms with Crippen LogP contribution in [0.3, 0.4) is 0 Å². The smallest absolute Gasteiger partial charge is 0.220 e. The zero-order chi connectivity index (χ0) is 21.6. The van der Waals surface area contributed by atoms with Crippen LogP contribution in [0.25, 0.3) is 11.3 Å². The number of hydrogen-bond donors (Lipinski definition) is 1. The van der Waals surface area contributed by atoms with Gasteiger partial charge in [0.1, 0.15) is 5.75 Å². The molecule has 2 aliphatic heterocycles. The summed E-state index contributed by atoms with van der Waals surface area (Å²) in [6, 6.07) is 8.67. The molecule has 0 radical (unpaired) electrons. The van der Waals surface area contributed by atoms with E-state index < -0.39 is 0 Å². The van der Waals surface area contributed by atoms with Crippen LogP contribution in [-0.2, 0) is 11.2 Å². The van der Waals surface area contributed by atoms with Gasteiger partial charge in [-0.25, -0.2) is 4.98 Å². The van der Waals surface area contributed by atoms with Crippen molar-refractivity contribution in [1.82, 2.24) is 20.1 Å². The summed E-state index contributed by atoms with van der Waals surface area (Å²) in [4.78, 5) is 21.8. The molecule has 0 atom stereocenters. The van der Waals surface area contributed by atoms with E-state index in [1.54, 1.807) is 13.3 Å². The first kappa shape index (κ1) is 21.8. The van der Waals surface area contributed by atoms with Crippen LogP contribution in [0, 0.1) is 0 Å². The van der Waals surface area contributed by atoms with Crippen LogP contribution >= 0.6 is 0 Å². The molecule has 0 spiro atoms. The second-order valence-electron chi connectivity index (χ2n) is 8.76. The van der Waals surface area contributed by atoms with Crippen LogP contribution in [0.15, 0.2) is 34.9 Å². The Morgan fingerprint density at radius 3 is 2.52 bits per heavy atom. The van der Waals surface area contributed by atoms with E-state index in [4.69, 9.17) is 9.15 Å². The number of benzene rings is 1. The number of hydrogen-bond acceptors (Lipinski definition) is 6. The molecule has 7 nitrogen and oxygen atoms in total. The lowest BCUT2D eigenvalue weighted by Crippen LogP contribution is -2.50. The minimum absolute atomic E-state index is 0.0851. The van der Waals surface area contributed by atoms with Gasteiger partial charge < -0.3 is 24.3 Å². The predicted molar refractivity (Wildman–Crippen MR) is 120 cm³/mol. The standard InChI is InChI=1S/C24H34N4O3/c1-27-13-11-20(12-14-27)28-15-9-19(10-16-28)26-23(29)7-8-24-25-17-22(31-24)18-3-5-21(30-2)6-4-18/h3-6,17,19-20H,7-16H2,1-2H3,(H,26,29). The molecule has 1 aromatic carbocycles. The number of carbonyl (C=O) groups is 1. The van der Waals surface area contributed by atoms with Gasteiger partial charge in [0.05, 0.1) is 13.3 Å². The molecule has 0 saturated carbocycles. The van der Waals surface area contributed by atoms with Gasteiger partial charge >= 0.3 is 0 Å². The van der Waals surface area contributed by atoms with Gasteiger partial charge in [-0.05, 0) is 70.1 Å². The van der Waals surface area contributed by atoms with Crippen LogP contribution < -0.4 is 10.1 Å². The lowest BCUT2D eigenvalue weighted by atomic mass is 9.98. The Balaban J connectivity index is 1.18. The molecule has 2 aliphatic rings. The molecule has 3 heterocycles. The summed E-state index contributed by atoms with van der Waals surface area (Å²) in [5, 5.41) is 3.21. The summed E-state index contributed by atoms with van der Waals surface area (Å²) in [5.74, 6) is 2.19. The largest absolute Gasteiger partial charge is 0.497 e. The molecule has 0 unspecified atom stereocenters. The topological polar surface area (TPSA) is 70.8 Å². The number of oxazole rings is 1. The molecule has 1 N–H and O–H groups in total. The van der Waals surface area contributed by atoms with E-state index >= 15 is 0 Å². The molecule has 31 heavy (non-hydrogen) atoms. The number of carbonyl (C=O) groups excluding carboxylic acids is 1. The maximum atomic E-state index is 12.4. The van der Waals surface area contributed by atoms with Gasteiger partial charge in [0, 0.05) is 43.6 Å². The SMILES string of the molecule is COc1ccc(-c2cnc(CCC(=O)NC3CCN(C4CCN(C)CC4)CC3)o2)cc1. The third-order valence-electron chi connectivity index (χ3n) is 6.59. The van der Waals surface area contributed by atoms with E-state index in [0.717, 1.165) is 43.3 Å². The van der Waals surface area contributed by atoms with Crippen LogP contribution in [-0.4, -0.2) is 73.1 Å². The molecule has 2 fully saturated rings. The number of aromatic nitrogens is 1. The summed E-state index contributed by atoms with van der Waals surface area (Å²) in [6.45, 7) is 4.57. The molecule has 4 rings (SSSR count). The first-order valence-electron chi connectivity index (χ1n) is 11.4. The Kier molecular flexibility index (Phi) is 7.25. The van der Waals surface area contributed by atoms with Crippen LogP contribution in [0.4, 0.5) is 0 Å². The van der Waals surface area contributed by atoms with Gasteiger partial charge in [0.2, 0.25) is 5.91 Å². The van der Waals surface area contributed by atoms with Gasteiger partial charge in [-0.2, -0.15) is 0 Å². The Morgan fingerprint density at radius 1 is 1.13 bits per heavy atom. The number of ether oxygens (including phenoxy) is 1. The fourth-order valence-corrected chi connectivity index (χ4v) is 4.60. The predicted octanol–water partition coefficient (Wildman–Crippen LogP) is 2.96. The summed E-state index contributed by atoms with van der Waals surface area (Å²) in [7, 11) is 3.85. The van der Waals surface area contributed by atoms with E-state index in [1.165, 1.54) is 25.9 Å². The van der Waals surface area contributed by atoms with Crippen molar-refractivity contribution in [3.05, 3.63) is 36.4 Å². The third kappa shape index (κ3) is 5.86. The lowest BCUT2D eigenvalue weighted by molar-refractivity contribution is -0.122. The van der Waals surface area contributed by atoms with Crippen molar-refractivity contribution in [2.24, 2.45) is 0 Å². The average Bonchev–Trinajstić information content (AvgIpc) is 3.28. The highest BCUT2D eigenvalue weighted by Gasteiger charge is 2.27. The minimum Gasteiger partial charge on any atom is -0.497 e. The zero-order valence-electron chi connectivity index (χ0n) is 18.7. The molecular formula is C24H34N4O3. The summed E-state index contributed by atoms with van der Waals surface area (Å²) in [5.41, 5.74) is 0.945. The highest BCUT2D eigenvalue weighted by Crippen LogP contribution is 2.24. The Bertz CT molecular complexity index is 835. The number of aryl methyl sites for hydroxylation is 1. The van der Waals surface area contributed by atoms with Gasteiger partial charge in [-0.1, -0.05) is 0 Å². The normalized spacial score (nSPS) is 19.4. The van der Waals surface area contributed by atoms with Gasteiger partial charge in [-0.3, -0.25) is 4.79 Å². The Labute approximate surface area is 184 Å². The summed E-state index contributed by atoms with van der Waals surface area (Å²) >= 11 is 0. The molecule has 2 aromatic rings. The molecule has 1 amide bonds. The van der Waals surface area contributed by atoms with Gasteiger partial charge in [0.25, 0.3) is 0 Å². The molecule has 1 aromatic heterocycles. The van der Waals surface area contributed by atoms with Crippen molar-refractivity contribution in [3.63, 3.8) is 0 Å². The first-order valence-corrected chi connectivity index (χ1v) is 11.4. The highest BCUT2D eigenvalue weighted by molar-refractivity contribution is 5.76. The number of rotatable bonds is 7. The molecule has 168 valence electrons. The highest BCUT2D eigenvalue weighted by atomic mass is 16.5. The molecule has 2 saturated heterocycles. The third-order valence-corrected chi connectivity index (χ3v) is 6.59. The minimum atomic E-state index is 0.0851. The van der Waals surface area contributed by atoms with E-state index in [1.807, 2.05) is 24.3 Å².